The van der Waals surface area contributed by atoms with Gasteiger partial charge in [-0.25, -0.2) is 0 Å². The number of alkyl halides is 1. The van der Waals surface area contributed by atoms with Crippen molar-refractivity contribution in [2.45, 2.75) is 25.0 Å². The van der Waals surface area contributed by atoms with E-state index in [0.29, 0.717) is 6.10 Å². The molecule has 0 saturated carbocycles. The van der Waals surface area contributed by atoms with Gasteiger partial charge in [-0.1, -0.05) is 40.8 Å². The molecule has 0 aliphatic carbocycles. The van der Waals surface area contributed by atoms with E-state index in [2.05, 4.69) is 41.3 Å². The van der Waals surface area contributed by atoms with E-state index in [1.165, 1.54) is 0 Å². The van der Waals surface area contributed by atoms with Gasteiger partial charge in [0.1, 0.15) is 0 Å². The molecule has 0 bridgehead atoms. The largest absolute Gasteiger partial charge is 0.369 e. The van der Waals surface area contributed by atoms with Crippen molar-refractivity contribution in [2.75, 3.05) is 4.43 Å². The third kappa shape index (κ3) is 2.95. The topological polar surface area (TPSA) is 9.23 Å². The smallest absolute Gasteiger partial charge is 0.0794 e. The Kier molecular flexibility index (Phi) is 4.15. The lowest BCUT2D eigenvalue weighted by atomic mass is 10.1. The maximum atomic E-state index is 5.71. The fourth-order valence-electron chi connectivity index (χ4n) is 1.13. The summed E-state index contributed by atoms with van der Waals surface area (Å²) in [4.78, 5) is 0. The van der Waals surface area contributed by atoms with E-state index >= 15 is 0 Å². The zero-order chi connectivity index (χ0) is 8.10. The lowest BCUT2D eigenvalue weighted by Gasteiger charge is -2.23. The van der Waals surface area contributed by atoms with Crippen molar-refractivity contribution >= 4 is 22.6 Å². The van der Waals surface area contributed by atoms with Crippen molar-refractivity contribution in [3.63, 3.8) is 0 Å². The van der Waals surface area contributed by atoms with Crippen LogP contribution in [0.4, 0.5) is 0 Å². The van der Waals surface area contributed by atoms with E-state index in [9.17, 15) is 0 Å². The van der Waals surface area contributed by atoms with Crippen LogP contribution in [0.2, 0.25) is 0 Å². The van der Waals surface area contributed by atoms with Crippen LogP contribution in [0.1, 0.15) is 12.8 Å². The average molecular weight is 264 g/mol. The highest BCUT2D eigenvalue weighted by Crippen LogP contribution is 2.16. The van der Waals surface area contributed by atoms with Crippen LogP contribution in [0.3, 0.4) is 0 Å². The minimum absolute atomic E-state index is 0.279. The van der Waals surface area contributed by atoms with Gasteiger partial charge in [0, 0.05) is 4.43 Å². The van der Waals surface area contributed by atoms with E-state index in [4.69, 9.17) is 4.74 Å². The van der Waals surface area contributed by atoms with Crippen molar-refractivity contribution in [1.82, 2.24) is 0 Å². The average Bonchev–Trinajstić information content (AvgIpc) is 2.06. The summed E-state index contributed by atoms with van der Waals surface area (Å²) in [6.07, 6.45) is 8.95. The second-order valence-electron chi connectivity index (χ2n) is 2.64. The molecule has 0 saturated heterocycles. The van der Waals surface area contributed by atoms with Crippen molar-refractivity contribution in [3.8, 4) is 0 Å². The van der Waals surface area contributed by atoms with Crippen LogP contribution >= 0.6 is 22.6 Å². The van der Waals surface area contributed by atoms with Crippen LogP contribution in [0.15, 0.2) is 24.8 Å². The highest BCUT2D eigenvalue weighted by molar-refractivity contribution is 14.1. The summed E-state index contributed by atoms with van der Waals surface area (Å²) in [6, 6.07) is 0. The molecule has 0 aromatic heterocycles. The lowest BCUT2D eigenvalue weighted by Crippen LogP contribution is -2.24. The molecule has 62 valence electrons. The predicted molar refractivity (Wildman–Crippen MR) is 56.1 cm³/mol. The highest BCUT2D eigenvalue weighted by Gasteiger charge is 2.15. The molecule has 1 nitrogen and oxygen atoms in total. The van der Waals surface area contributed by atoms with Gasteiger partial charge in [-0.3, -0.25) is 0 Å². The van der Waals surface area contributed by atoms with Crippen LogP contribution in [-0.2, 0) is 4.74 Å². The Morgan fingerprint density at radius 2 is 2.55 bits per heavy atom. The van der Waals surface area contributed by atoms with Crippen LogP contribution in [0.5, 0.6) is 0 Å². The van der Waals surface area contributed by atoms with Gasteiger partial charge in [-0.05, 0) is 12.8 Å². The highest BCUT2D eigenvalue weighted by atomic mass is 127. The zero-order valence-electron chi connectivity index (χ0n) is 6.50. The molecule has 11 heavy (non-hydrogen) atoms. The van der Waals surface area contributed by atoms with Crippen molar-refractivity contribution in [2.24, 2.45) is 0 Å². The van der Waals surface area contributed by atoms with Gasteiger partial charge in [0.15, 0.2) is 0 Å². The quantitative estimate of drug-likeness (QED) is 0.432. The molecule has 1 heterocycles. The summed E-state index contributed by atoms with van der Waals surface area (Å²) in [6.45, 7) is 3.69. The summed E-state index contributed by atoms with van der Waals surface area (Å²) in [5, 5.41) is 0. The minimum Gasteiger partial charge on any atom is -0.369 e. The van der Waals surface area contributed by atoms with E-state index in [-0.39, 0.29) is 6.10 Å². The molecule has 2 atom stereocenters. The first-order valence-corrected chi connectivity index (χ1v) is 5.38. The molecule has 0 aromatic rings. The molecule has 0 amide bonds. The van der Waals surface area contributed by atoms with E-state index < -0.39 is 0 Å². The van der Waals surface area contributed by atoms with Gasteiger partial charge < -0.3 is 4.74 Å². The van der Waals surface area contributed by atoms with E-state index in [1.54, 1.807) is 0 Å². The Balaban J connectivity index is 2.38. The maximum absolute atomic E-state index is 5.71. The summed E-state index contributed by atoms with van der Waals surface area (Å²) < 4.78 is 6.79. The Morgan fingerprint density at radius 3 is 3.18 bits per heavy atom. The Labute approximate surface area is 81.6 Å². The van der Waals surface area contributed by atoms with Gasteiger partial charge >= 0.3 is 0 Å². The Hall–Kier alpha value is 0.170. The van der Waals surface area contributed by atoms with Gasteiger partial charge in [-0.15, -0.1) is 6.58 Å². The summed E-state index contributed by atoms with van der Waals surface area (Å²) in [7, 11) is 0. The van der Waals surface area contributed by atoms with Crippen LogP contribution in [0, 0.1) is 0 Å². The first-order valence-electron chi connectivity index (χ1n) is 3.85. The molecule has 0 radical (unpaired) electrons. The summed E-state index contributed by atoms with van der Waals surface area (Å²) >= 11 is 2.36. The monoisotopic (exact) mass is 264 g/mol. The molecule has 1 aliphatic rings. The van der Waals surface area contributed by atoms with Gasteiger partial charge in [0.2, 0.25) is 0 Å². The number of ether oxygens (including phenoxy) is 1. The van der Waals surface area contributed by atoms with Crippen LogP contribution in [-0.4, -0.2) is 16.6 Å². The number of rotatable bonds is 3. The molecule has 0 spiro atoms. The second-order valence-corrected chi connectivity index (χ2v) is 3.52. The van der Waals surface area contributed by atoms with Crippen molar-refractivity contribution < 1.29 is 4.74 Å². The van der Waals surface area contributed by atoms with Gasteiger partial charge in [0.05, 0.1) is 12.2 Å². The summed E-state index contributed by atoms with van der Waals surface area (Å²) in [5.74, 6) is 0. The van der Waals surface area contributed by atoms with Gasteiger partial charge in [0.25, 0.3) is 0 Å². The Bertz CT molecular complexity index is 154. The molecule has 0 unspecified atom stereocenters. The van der Waals surface area contributed by atoms with E-state index in [0.717, 1.165) is 17.3 Å². The molecule has 0 fully saturated rings. The van der Waals surface area contributed by atoms with E-state index in [1.807, 2.05) is 6.08 Å². The molecule has 1 rings (SSSR count). The standard InChI is InChI=1S/C9H13IO/c1-2-4-8-5-3-6-9(7-10)11-8/h2-3,5,8-9H,1,4,6-7H2/t8-,9+/m1/s1. The molecule has 0 N–H and O–H groups in total. The first-order chi connectivity index (χ1) is 5.36. The third-order valence-corrected chi connectivity index (χ3v) is 2.67. The van der Waals surface area contributed by atoms with Crippen molar-refractivity contribution in [3.05, 3.63) is 24.8 Å². The number of hydrogen-bond donors (Lipinski definition) is 0. The van der Waals surface area contributed by atoms with Crippen LogP contribution < -0.4 is 0 Å². The number of halogens is 1. The SMILES string of the molecule is C=CC[C@@H]1C=CC[C@@H](CI)O1. The second kappa shape index (κ2) is 4.93. The van der Waals surface area contributed by atoms with Gasteiger partial charge in [-0.2, -0.15) is 0 Å². The minimum atomic E-state index is 0.279. The first kappa shape index (κ1) is 9.26. The molecular formula is C9H13IO. The Morgan fingerprint density at radius 1 is 1.73 bits per heavy atom. The molecular weight excluding hydrogens is 251 g/mol. The summed E-state index contributed by atoms with van der Waals surface area (Å²) in [5.41, 5.74) is 0. The third-order valence-electron chi connectivity index (χ3n) is 1.69. The maximum Gasteiger partial charge on any atom is 0.0794 e. The lowest BCUT2D eigenvalue weighted by molar-refractivity contribution is 0.0239. The molecule has 0 aromatic carbocycles. The zero-order valence-corrected chi connectivity index (χ0v) is 8.66. The van der Waals surface area contributed by atoms with Crippen molar-refractivity contribution in [1.29, 1.82) is 0 Å². The molecule has 1 aliphatic heterocycles. The predicted octanol–water partition coefficient (Wildman–Crippen LogP) is 2.71. The number of hydrogen-bond acceptors (Lipinski definition) is 1. The van der Waals surface area contributed by atoms with Crippen LogP contribution in [0.25, 0.3) is 0 Å². The molecule has 2 heteroatoms. The normalized spacial score (nSPS) is 30.3. The fraction of sp³-hybridized carbons (Fsp3) is 0.556. The fourth-order valence-corrected chi connectivity index (χ4v) is 1.70.